The highest BCUT2D eigenvalue weighted by Gasteiger charge is 2.22. The molecule has 7 heteroatoms. The van der Waals surface area contributed by atoms with Crippen LogP contribution in [0.2, 0.25) is 5.02 Å². The van der Waals surface area contributed by atoms with E-state index in [1.165, 1.54) is 0 Å². The van der Waals surface area contributed by atoms with E-state index < -0.39 is 0 Å². The molecule has 6 nitrogen and oxygen atoms in total. The molecule has 0 atom stereocenters. The molecule has 3 aromatic rings. The number of carbonyl (C=O) groups excluding carboxylic acids is 1. The van der Waals surface area contributed by atoms with Crippen molar-refractivity contribution in [1.82, 2.24) is 25.3 Å². The molecule has 24 heavy (non-hydrogen) atoms. The molecule has 3 rings (SSSR count). The lowest BCUT2D eigenvalue weighted by atomic mass is 10.1. The minimum Gasteiger partial charge on any atom is -0.351 e. The largest absolute Gasteiger partial charge is 0.351 e. The highest BCUT2D eigenvalue weighted by molar-refractivity contribution is 6.32. The molecule has 0 aliphatic rings. The lowest BCUT2D eigenvalue weighted by molar-refractivity contribution is 0.0949. The van der Waals surface area contributed by atoms with Crippen LogP contribution in [0, 0.1) is 0 Å². The number of hydrogen-bond donors (Lipinski definition) is 1. The third-order valence-electron chi connectivity index (χ3n) is 3.44. The van der Waals surface area contributed by atoms with Gasteiger partial charge in [-0.1, -0.05) is 35.9 Å². The van der Waals surface area contributed by atoms with Crippen LogP contribution in [0.4, 0.5) is 0 Å². The number of pyridine rings is 1. The maximum absolute atomic E-state index is 12.4. The predicted octanol–water partition coefficient (Wildman–Crippen LogP) is 3.12. The van der Waals surface area contributed by atoms with Crippen molar-refractivity contribution >= 4 is 17.5 Å². The van der Waals surface area contributed by atoms with Crippen LogP contribution in [-0.2, 0) is 0 Å². The molecule has 2 aromatic heterocycles. The van der Waals surface area contributed by atoms with Gasteiger partial charge in [-0.2, -0.15) is 0 Å². The molecular weight excluding hydrogens is 326 g/mol. The molecule has 122 valence electrons. The van der Waals surface area contributed by atoms with Gasteiger partial charge in [0.15, 0.2) is 5.69 Å². The molecular formula is C17H16ClN5O. The Hall–Kier alpha value is -2.73. The van der Waals surface area contributed by atoms with Crippen LogP contribution in [0.5, 0.6) is 0 Å². The molecule has 2 heterocycles. The summed E-state index contributed by atoms with van der Waals surface area (Å²) in [7, 11) is 0. The standard InChI is InChI=1S/C17H16ClN5O/c1-2-9-20-17(24)15-16(12-6-5-10-19-11-12)23(22-21-15)14-8-4-3-7-13(14)18/h3-8,10-11H,2,9H2,1H3,(H,20,24). The van der Waals surface area contributed by atoms with Gasteiger partial charge in [0, 0.05) is 24.5 Å². The summed E-state index contributed by atoms with van der Waals surface area (Å²) in [4.78, 5) is 16.6. The summed E-state index contributed by atoms with van der Waals surface area (Å²) in [5.41, 5.74) is 2.20. The number of aromatic nitrogens is 4. The van der Waals surface area contributed by atoms with Gasteiger partial charge in [-0.25, -0.2) is 4.68 Å². The van der Waals surface area contributed by atoms with Crippen molar-refractivity contribution in [2.45, 2.75) is 13.3 Å². The van der Waals surface area contributed by atoms with E-state index in [2.05, 4.69) is 20.6 Å². The molecule has 1 N–H and O–H groups in total. The number of hydrogen-bond acceptors (Lipinski definition) is 4. The van der Waals surface area contributed by atoms with Gasteiger partial charge < -0.3 is 5.32 Å². The Labute approximate surface area is 144 Å². The monoisotopic (exact) mass is 341 g/mol. The molecule has 0 aliphatic heterocycles. The second-order valence-corrected chi connectivity index (χ2v) is 5.55. The second kappa shape index (κ2) is 7.23. The van der Waals surface area contributed by atoms with Crippen LogP contribution < -0.4 is 5.32 Å². The van der Waals surface area contributed by atoms with Crippen LogP contribution in [0.15, 0.2) is 48.8 Å². The zero-order valence-corrected chi connectivity index (χ0v) is 13.9. The molecule has 0 saturated heterocycles. The Morgan fingerprint density at radius 3 is 2.79 bits per heavy atom. The molecule has 0 aliphatic carbocycles. The summed E-state index contributed by atoms with van der Waals surface area (Å²) in [5.74, 6) is -0.269. The fraction of sp³-hybridized carbons (Fsp3) is 0.176. The number of nitrogens with zero attached hydrogens (tertiary/aromatic N) is 4. The van der Waals surface area contributed by atoms with E-state index in [-0.39, 0.29) is 11.6 Å². The Balaban J connectivity index is 2.16. The molecule has 0 bridgehead atoms. The summed E-state index contributed by atoms with van der Waals surface area (Å²) < 4.78 is 1.57. The van der Waals surface area contributed by atoms with Crippen molar-refractivity contribution in [3.8, 4) is 16.9 Å². The first-order valence-corrected chi connectivity index (χ1v) is 7.99. The summed E-state index contributed by atoms with van der Waals surface area (Å²) in [6.07, 6.45) is 4.18. The van der Waals surface area contributed by atoms with Gasteiger partial charge in [0.2, 0.25) is 0 Å². The lowest BCUT2D eigenvalue weighted by Gasteiger charge is -2.09. The van der Waals surface area contributed by atoms with E-state index in [0.717, 1.165) is 12.0 Å². The van der Waals surface area contributed by atoms with Gasteiger partial charge >= 0.3 is 0 Å². The molecule has 1 aromatic carbocycles. The third-order valence-corrected chi connectivity index (χ3v) is 3.76. The fourth-order valence-corrected chi connectivity index (χ4v) is 2.53. The first kappa shape index (κ1) is 16.1. The molecule has 1 amide bonds. The minimum absolute atomic E-state index is 0.247. The van der Waals surface area contributed by atoms with Crippen LogP contribution in [0.1, 0.15) is 23.8 Å². The molecule has 0 fully saturated rings. The summed E-state index contributed by atoms with van der Waals surface area (Å²) >= 11 is 6.29. The highest BCUT2D eigenvalue weighted by atomic mass is 35.5. The smallest absolute Gasteiger partial charge is 0.274 e. The maximum Gasteiger partial charge on any atom is 0.274 e. The van der Waals surface area contributed by atoms with Gasteiger partial charge in [0.25, 0.3) is 5.91 Å². The molecule has 0 radical (unpaired) electrons. The Bertz CT molecular complexity index is 847. The SMILES string of the molecule is CCCNC(=O)c1nnn(-c2ccccc2Cl)c1-c1cccnc1. The Morgan fingerprint density at radius 1 is 1.25 bits per heavy atom. The number of para-hydroxylation sites is 1. The zero-order valence-electron chi connectivity index (χ0n) is 13.1. The molecule has 0 unspecified atom stereocenters. The number of rotatable bonds is 5. The van der Waals surface area contributed by atoms with E-state index in [0.29, 0.717) is 22.9 Å². The van der Waals surface area contributed by atoms with Gasteiger partial charge in [-0.15, -0.1) is 5.10 Å². The summed E-state index contributed by atoms with van der Waals surface area (Å²) in [5, 5.41) is 11.6. The lowest BCUT2D eigenvalue weighted by Crippen LogP contribution is -2.25. The van der Waals surface area contributed by atoms with Crippen LogP contribution in [0.25, 0.3) is 16.9 Å². The van der Waals surface area contributed by atoms with Crippen molar-refractivity contribution < 1.29 is 4.79 Å². The normalized spacial score (nSPS) is 10.6. The number of nitrogens with one attached hydrogen (secondary N) is 1. The van der Waals surface area contributed by atoms with Crippen LogP contribution >= 0.6 is 11.6 Å². The highest BCUT2D eigenvalue weighted by Crippen LogP contribution is 2.28. The van der Waals surface area contributed by atoms with Crippen molar-refractivity contribution in [1.29, 1.82) is 0 Å². The summed E-state index contributed by atoms with van der Waals surface area (Å²) in [6.45, 7) is 2.56. The number of amides is 1. The van der Waals surface area contributed by atoms with E-state index in [1.807, 2.05) is 31.2 Å². The van der Waals surface area contributed by atoms with E-state index >= 15 is 0 Å². The second-order valence-electron chi connectivity index (χ2n) is 5.15. The van der Waals surface area contributed by atoms with E-state index in [4.69, 9.17) is 11.6 Å². The Kier molecular flexibility index (Phi) is 4.86. The third kappa shape index (κ3) is 3.14. The predicted molar refractivity (Wildman–Crippen MR) is 92.2 cm³/mol. The van der Waals surface area contributed by atoms with Crippen molar-refractivity contribution in [3.05, 3.63) is 59.5 Å². The van der Waals surface area contributed by atoms with Crippen molar-refractivity contribution in [2.75, 3.05) is 6.54 Å². The number of halogens is 1. The summed E-state index contributed by atoms with van der Waals surface area (Å²) in [6, 6.07) is 10.9. The number of carbonyl (C=O) groups is 1. The van der Waals surface area contributed by atoms with E-state index in [1.54, 1.807) is 29.2 Å². The van der Waals surface area contributed by atoms with Crippen molar-refractivity contribution in [3.63, 3.8) is 0 Å². The zero-order chi connectivity index (χ0) is 16.9. The van der Waals surface area contributed by atoms with Gasteiger partial charge in [0.05, 0.1) is 10.7 Å². The van der Waals surface area contributed by atoms with Gasteiger partial charge in [-0.3, -0.25) is 9.78 Å². The average molecular weight is 342 g/mol. The van der Waals surface area contributed by atoms with Crippen LogP contribution in [-0.4, -0.2) is 32.4 Å². The molecule has 0 saturated carbocycles. The quantitative estimate of drug-likeness (QED) is 0.773. The van der Waals surface area contributed by atoms with Crippen molar-refractivity contribution in [2.24, 2.45) is 0 Å². The average Bonchev–Trinajstić information content (AvgIpc) is 3.05. The fourth-order valence-electron chi connectivity index (χ4n) is 2.31. The van der Waals surface area contributed by atoms with E-state index in [9.17, 15) is 4.79 Å². The maximum atomic E-state index is 12.4. The Morgan fingerprint density at radius 2 is 2.08 bits per heavy atom. The minimum atomic E-state index is -0.269. The topological polar surface area (TPSA) is 72.7 Å². The van der Waals surface area contributed by atoms with Crippen LogP contribution in [0.3, 0.4) is 0 Å². The first-order chi connectivity index (χ1) is 11.7. The molecule has 0 spiro atoms. The number of benzene rings is 1. The van der Waals surface area contributed by atoms with Gasteiger partial charge in [0.1, 0.15) is 5.69 Å². The first-order valence-electron chi connectivity index (χ1n) is 7.61. The van der Waals surface area contributed by atoms with Gasteiger partial charge in [-0.05, 0) is 30.7 Å².